The first-order valence-corrected chi connectivity index (χ1v) is 8.35. The molecule has 0 aromatic carbocycles. The molecule has 0 fully saturated rings. The molecule has 0 saturated heterocycles. The summed E-state index contributed by atoms with van der Waals surface area (Å²) < 4.78 is 4.71. The Morgan fingerprint density at radius 3 is 2.56 bits per heavy atom. The van der Waals surface area contributed by atoms with E-state index in [1.807, 2.05) is 31.2 Å². The third kappa shape index (κ3) is 3.74. The third-order valence-electron chi connectivity index (χ3n) is 4.02. The Labute approximate surface area is 154 Å². The third-order valence-corrected chi connectivity index (χ3v) is 4.02. The lowest BCUT2D eigenvalue weighted by Gasteiger charge is -2.14. The molecule has 0 saturated carbocycles. The first-order valence-electron chi connectivity index (χ1n) is 8.35. The van der Waals surface area contributed by atoms with Gasteiger partial charge in [-0.3, -0.25) is 4.98 Å². The molecule has 0 spiro atoms. The van der Waals surface area contributed by atoms with Crippen LogP contribution in [0.5, 0.6) is 0 Å². The molecule has 4 aromatic heterocycles. The highest BCUT2D eigenvalue weighted by molar-refractivity contribution is 5.61. The minimum absolute atomic E-state index is 0.0264. The van der Waals surface area contributed by atoms with Crippen LogP contribution in [0.25, 0.3) is 22.8 Å². The van der Waals surface area contributed by atoms with Gasteiger partial charge in [-0.05, 0) is 42.8 Å². The summed E-state index contributed by atoms with van der Waals surface area (Å²) in [5, 5.41) is 5.83. The summed E-state index contributed by atoms with van der Waals surface area (Å²) in [4.78, 5) is 28.6. The van der Waals surface area contributed by atoms with E-state index >= 15 is 0 Å². The van der Waals surface area contributed by atoms with Gasteiger partial charge in [0, 0.05) is 18.6 Å². The summed E-state index contributed by atoms with van der Waals surface area (Å²) in [5.74, 6) is 0.501. The summed E-state index contributed by atoms with van der Waals surface area (Å²) >= 11 is 0. The molecule has 0 radical (unpaired) electrons. The van der Waals surface area contributed by atoms with Crippen molar-refractivity contribution in [1.29, 1.82) is 0 Å². The van der Waals surface area contributed by atoms with Crippen LogP contribution in [-0.4, -0.2) is 25.1 Å². The van der Waals surface area contributed by atoms with Crippen LogP contribution in [0.3, 0.4) is 0 Å². The van der Waals surface area contributed by atoms with Gasteiger partial charge in [-0.25, -0.2) is 24.9 Å². The first kappa shape index (κ1) is 16.6. The molecule has 0 bridgehead atoms. The van der Waals surface area contributed by atoms with Gasteiger partial charge in [-0.2, -0.15) is 0 Å². The van der Waals surface area contributed by atoms with Gasteiger partial charge < -0.3 is 9.84 Å². The van der Waals surface area contributed by atoms with E-state index in [9.17, 15) is 4.79 Å². The predicted octanol–water partition coefficient (Wildman–Crippen LogP) is 3.06. The highest BCUT2D eigenvalue weighted by Crippen LogP contribution is 2.21. The normalized spacial score (nSPS) is 11.9. The van der Waals surface area contributed by atoms with E-state index in [1.165, 1.54) is 6.07 Å². The number of aromatic nitrogens is 5. The lowest BCUT2D eigenvalue weighted by molar-refractivity contribution is 0.393. The summed E-state index contributed by atoms with van der Waals surface area (Å²) in [6, 6.07) is 12.5. The first-order chi connectivity index (χ1) is 13.2. The van der Waals surface area contributed by atoms with Gasteiger partial charge in [-0.1, -0.05) is 6.07 Å². The number of nitrogens with zero attached hydrogens (tertiary/aromatic N) is 4. The van der Waals surface area contributed by atoms with Crippen molar-refractivity contribution in [1.82, 2.24) is 25.1 Å². The van der Waals surface area contributed by atoms with Crippen molar-refractivity contribution in [2.24, 2.45) is 0 Å². The largest absolute Gasteiger partial charge is 0.357 e. The minimum atomic E-state index is -0.448. The van der Waals surface area contributed by atoms with Gasteiger partial charge in [0.1, 0.15) is 5.69 Å². The zero-order valence-corrected chi connectivity index (χ0v) is 14.5. The Morgan fingerprint density at radius 1 is 1.00 bits per heavy atom. The molecule has 0 amide bonds. The summed E-state index contributed by atoms with van der Waals surface area (Å²) in [6.07, 6.45) is 5.18. The molecule has 8 nitrogen and oxygen atoms in total. The Bertz CT molecular complexity index is 1110. The van der Waals surface area contributed by atoms with Crippen LogP contribution in [0.1, 0.15) is 18.5 Å². The van der Waals surface area contributed by atoms with Crippen molar-refractivity contribution in [3.8, 4) is 22.8 Å². The predicted molar refractivity (Wildman–Crippen MR) is 99.9 cm³/mol. The van der Waals surface area contributed by atoms with Gasteiger partial charge >= 0.3 is 5.63 Å². The zero-order valence-electron chi connectivity index (χ0n) is 14.5. The molecule has 0 aliphatic rings. The van der Waals surface area contributed by atoms with Crippen LogP contribution >= 0.6 is 0 Å². The van der Waals surface area contributed by atoms with E-state index in [0.717, 1.165) is 5.56 Å². The van der Waals surface area contributed by atoms with Gasteiger partial charge in [0.25, 0.3) is 0 Å². The van der Waals surface area contributed by atoms with E-state index in [0.29, 0.717) is 28.7 Å². The highest BCUT2D eigenvalue weighted by Gasteiger charge is 2.10. The molecule has 0 aliphatic carbocycles. The summed E-state index contributed by atoms with van der Waals surface area (Å²) in [7, 11) is 0. The monoisotopic (exact) mass is 360 g/mol. The zero-order chi connectivity index (χ0) is 18.6. The summed E-state index contributed by atoms with van der Waals surface area (Å²) in [6.45, 7) is 2.03. The van der Waals surface area contributed by atoms with Crippen LogP contribution < -0.4 is 10.9 Å². The number of H-pyrrole nitrogens is 1. The van der Waals surface area contributed by atoms with E-state index < -0.39 is 5.63 Å². The molecule has 4 rings (SSSR count). The minimum Gasteiger partial charge on any atom is -0.348 e. The molecule has 134 valence electrons. The van der Waals surface area contributed by atoms with Crippen molar-refractivity contribution >= 4 is 5.95 Å². The number of hydrogen-bond acceptors (Lipinski definition) is 7. The maximum Gasteiger partial charge on any atom is 0.357 e. The van der Waals surface area contributed by atoms with Crippen LogP contribution in [-0.2, 0) is 0 Å². The number of pyridine rings is 2. The van der Waals surface area contributed by atoms with Gasteiger partial charge in [0.2, 0.25) is 5.95 Å². The van der Waals surface area contributed by atoms with Gasteiger partial charge in [0.15, 0.2) is 0 Å². The maximum absolute atomic E-state index is 11.2. The fourth-order valence-corrected chi connectivity index (χ4v) is 2.64. The maximum atomic E-state index is 11.2. The number of hydrogen-bond donors (Lipinski definition) is 2. The van der Waals surface area contributed by atoms with Gasteiger partial charge in [0.05, 0.1) is 29.2 Å². The van der Waals surface area contributed by atoms with E-state index in [4.69, 9.17) is 4.52 Å². The van der Waals surface area contributed by atoms with Crippen molar-refractivity contribution < 1.29 is 4.52 Å². The van der Waals surface area contributed by atoms with Crippen LogP contribution in [0.2, 0.25) is 0 Å². The van der Waals surface area contributed by atoms with E-state index in [-0.39, 0.29) is 6.04 Å². The van der Waals surface area contributed by atoms with Crippen LogP contribution in [0, 0.1) is 0 Å². The molecule has 0 aliphatic heterocycles. The fraction of sp³-hybridized carbons (Fsp3) is 0.105. The average Bonchev–Trinajstić information content (AvgIpc) is 3.15. The molecule has 1 atom stereocenters. The second-order valence-corrected chi connectivity index (χ2v) is 5.90. The quantitative estimate of drug-likeness (QED) is 0.563. The number of anilines is 1. The molecule has 0 unspecified atom stereocenters. The second-order valence-electron chi connectivity index (χ2n) is 5.90. The van der Waals surface area contributed by atoms with Crippen molar-refractivity contribution in [2.45, 2.75) is 13.0 Å². The van der Waals surface area contributed by atoms with E-state index in [2.05, 4.69) is 30.4 Å². The number of aromatic amines is 1. The van der Waals surface area contributed by atoms with Crippen LogP contribution in [0.15, 0.2) is 70.4 Å². The molecule has 2 N–H and O–H groups in total. The standard InChI is InChI=1S/C19H16N6O2/c1-12(13-5-8-20-9-6-13)22-19-21-10-7-16(24-19)14-3-2-4-15(23-14)17-11-18(26)27-25-17/h2-12,25H,1H3,(H,21,22,24)/t12-/m0/s1. The Balaban J connectivity index is 1.60. The molecular formula is C19H16N6O2. The smallest absolute Gasteiger partial charge is 0.348 e. The Morgan fingerprint density at radius 2 is 1.78 bits per heavy atom. The van der Waals surface area contributed by atoms with E-state index in [1.54, 1.807) is 30.7 Å². The van der Waals surface area contributed by atoms with Crippen molar-refractivity contribution in [3.63, 3.8) is 0 Å². The Hall–Kier alpha value is -3.81. The van der Waals surface area contributed by atoms with Crippen molar-refractivity contribution in [3.05, 3.63) is 77.0 Å². The summed E-state index contributed by atoms with van der Waals surface area (Å²) in [5.41, 5.74) is 3.08. The molecule has 8 heteroatoms. The Kier molecular flexibility index (Phi) is 4.44. The molecule has 27 heavy (non-hydrogen) atoms. The molecule has 4 heterocycles. The number of nitrogens with one attached hydrogen (secondary N) is 2. The lowest BCUT2D eigenvalue weighted by atomic mass is 10.1. The van der Waals surface area contributed by atoms with Crippen molar-refractivity contribution in [2.75, 3.05) is 5.32 Å². The molecule has 4 aromatic rings. The fourth-order valence-electron chi connectivity index (χ4n) is 2.64. The lowest BCUT2D eigenvalue weighted by Crippen LogP contribution is -2.09. The SMILES string of the molecule is C[C@H](Nc1nccc(-c2cccc(-c3cc(=O)o[nH]3)n2)n1)c1ccncc1. The molecular weight excluding hydrogens is 344 g/mol. The van der Waals surface area contributed by atoms with Crippen LogP contribution in [0.4, 0.5) is 5.95 Å². The van der Waals surface area contributed by atoms with Gasteiger partial charge in [-0.15, -0.1) is 0 Å². The number of rotatable bonds is 5. The second kappa shape index (κ2) is 7.20. The average molecular weight is 360 g/mol. The topological polar surface area (TPSA) is 110 Å². The highest BCUT2D eigenvalue weighted by atomic mass is 16.5.